The molecular formula is C24H38N4O4. The van der Waals surface area contributed by atoms with E-state index in [1.165, 1.54) is 0 Å². The minimum atomic E-state index is -0.589. The molecule has 32 heavy (non-hydrogen) atoms. The molecule has 0 unspecified atom stereocenters. The van der Waals surface area contributed by atoms with Gasteiger partial charge in [-0.25, -0.2) is 9.59 Å². The summed E-state index contributed by atoms with van der Waals surface area (Å²) in [6, 6.07) is 7.50. The van der Waals surface area contributed by atoms with Crippen molar-refractivity contribution in [1.29, 1.82) is 0 Å². The highest BCUT2D eigenvalue weighted by Crippen LogP contribution is 2.26. The molecule has 3 rings (SSSR count). The van der Waals surface area contributed by atoms with Crippen LogP contribution in [0.4, 0.5) is 9.59 Å². The van der Waals surface area contributed by atoms with E-state index in [9.17, 15) is 9.59 Å². The lowest BCUT2D eigenvalue weighted by Gasteiger charge is -2.31. The van der Waals surface area contributed by atoms with E-state index >= 15 is 0 Å². The van der Waals surface area contributed by atoms with Crippen molar-refractivity contribution in [3.05, 3.63) is 35.4 Å². The summed E-state index contributed by atoms with van der Waals surface area (Å²) in [7, 11) is 0. The summed E-state index contributed by atoms with van der Waals surface area (Å²) < 4.78 is 11.1. The Bertz CT molecular complexity index is 723. The van der Waals surface area contributed by atoms with Crippen LogP contribution in [0.25, 0.3) is 0 Å². The number of carbonyl (C=O) groups is 2. The monoisotopic (exact) mass is 446 g/mol. The van der Waals surface area contributed by atoms with Crippen molar-refractivity contribution in [1.82, 2.24) is 21.3 Å². The van der Waals surface area contributed by atoms with Gasteiger partial charge >= 0.3 is 12.1 Å². The molecule has 0 bridgehead atoms. The highest BCUT2D eigenvalue weighted by molar-refractivity contribution is 5.75. The summed E-state index contributed by atoms with van der Waals surface area (Å²) in [6.07, 6.45) is 4.26. The zero-order chi connectivity index (χ0) is 23.2. The molecule has 2 aliphatic heterocycles. The van der Waals surface area contributed by atoms with E-state index in [1.807, 2.05) is 52.0 Å². The molecule has 8 nitrogen and oxygen atoms in total. The number of nitrogens with one attached hydrogen (secondary N) is 4. The van der Waals surface area contributed by atoms with Gasteiger partial charge in [-0.3, -0.25) is 0 Å². The molecule has 0 radical (unpaired) electrons. The van der Waals surface area contributed by atoms with E-state index in [-0.39, 0.29) is 24.3 Å². The zero-order valence-corrected chi connectivity index (χ0v) is 19.8. The number of urea groups is 2. The molecule has 2 heterocycles. The van der Waals surface area contributed by atoms with Crippen LogP contribution in [0, 0.1) is 0 Å². The van der Waals surface area contributed by atoms with Gasteiger partial charge in [0.1, 0.15) is 0 Å². The van der Waals surface area contributed by atoms with Gasteiger partial charge in [0.15, 0.2) is 0 Å². The SMILES string of the molecule is CC(C)(NC(=O)NC[C@H]1CCCO1)c1cccc(C(C)(C)NC(=O)NC[C@H]2CCCO2)c1. The highest BCUT2D eigenvalue weighted by atomic mass is 16.5. The lowest BCUT2D eigenvalue weighted by atomic mass is 9.87. The maximum atomic E-state index is 12.4. The lowest BCUT2D eigenvalue weighted by Crippen LogP contribution is -2.49. The van der Waals surface area contributed by atoms with E-state index < -0.39 is 11.1 Å². The molecule has 1 aromatic carbocycles. The Hall–Kier alpha value is -2.32. The first-order valence-electron chi connectivity index (χ1n) is 11.6. The fourth-order valence-electron chi connectivity index (χ4n) is 4.12. The summed E-state index contributed by atoms with van der Waals surface area (Å²) in [6.45, 7) is 10.4. The van der Waals surface area contributed by atoms with Crippen molar-refractivity contribution in [2.45, 2.75) is 76.7 Å². The summed E-state index contributed by atoms with van der Waals surface area (Å²) in [4.78, 5) is 24.9. The number of carbonyl (C=O) groups excluding carboxylic acids is 2. The van der Waals surface area contributed by atoms with Crippen LogP contribution in [0.2, 0.25) is 0 Å². The number of hydrogen-bond acceptors (Lipinski definition) is 4. The van der Waals surface area contributed by atoms with E-state index in [1.54, 1.807) is 0 Å². The van der Waals surface area contributed by atoms with E-state index in [2.05, 4.69) is 21.3 Å². The number of amides is 4. The maximum Gasteiger partial charge on any atom is 0.315 e. The summed E-state index contributed by atoms with van der Waals surface area (Å²) in [5.41, 5.74) is 0.734. The van der Waals surface area contributed by atoms with Gasteiger partial charge in [-0.1, -0.05) is 24.3 Å². The lowest BCUT2D eigenvalue weighted by molar-refractivity contribution is 0.111. The van der Waals surface area contributed by atoms with E-state index in [0.717, 1.165) is 50.0 Å². The Balaban J connectivity index is 1.56. The van der Waals surface area contributed by atoms with Gasteiger partial charge in [-0.2, -0.15) is 0 Å². The van der Waals surface area contributed by atoms with Gasteiger partial charge in [0, 0.05) is 26.3 Å². The van der Waals surface area contributed by atoms with Crippen LogP contribution in [-0.4, -0.2) is 50.6 Å². The average Bonchev–Trinajstić information content (AvgIpc) is 3.44. The standard InChI is InChI=1S/C24H38N4O4/c1-23(2,27-21(29)25-15-19-10-6-12-31-19)17-8-5-9-18(14-17)24(3,4)28-22(30)26-16-20-11-7-13-32-20/h5,8-9,14,19-20H,6-7,10-13,15-16H2,1-4H3,(H2,25,27,29)(H2,26,28,30)/t19-,20-/m1/s1. The molecule has 1 aromatic rings. The van der Waals surface area contributed by atoms with Gasteiger partial charge in [0.2, 0.25) is 0 Å². The van der Waals surface area contributed by atoms with E-state index in [0.29, 0.717) is 13.1 Å². The van der Waals surface area contributed by atoms with E-state index in [4.69, 9.17) is 9.47 Å². The van der Waals surface area contributed by atoms with Crippen LogP contribution in [0.5, 0.6) is 0 Å². The Morgan fingerprint density at radius 1 is 0.844 bits per heavy atom. The molecule has 0 aliphatic carbocycles. The minimum absolute atomic E-state index is 0.102. The second-order valence-electron chi connectivity index (χ2n) is 9.77. The van der Waals surface area contributed by atoms with Crippen molar-refractivity contribution in [3.63, 3.8) is 0 Å². The fraction of sp³-hybridized carbons (Fsp3) is 0.667. The van der Waals surface area contributed by atoms with Crippen molar-refractivity contribution < 1.29 is 19.1 Å². The Kier molecular flexibility index (Phi) is 8.00. The molecule has 0 saturated carbocycles. The molecule has 178 valence electrons. The van der Waals surface area contributed by atoms with Crippen LogP contribution >= 0.6 is 0 Å². The molecule has 4 amide bonds. The molecule has 2 saturated heterocycles. The average molecular weight is 447 g/mol. The zero-order valence-electron chi connectivity index (χ0n) is 19.8. The maximum absolute atomic E-state index is 12.4. The quantitative estimate of drug-likeness (QED) is 0.493. The predicted octanol–water partition coefficient (Wildman–Crippen LogP) is 3.11. The van der Waals surface area contributed by atoms with Crippen LogP contribution < -0.4 is 21.3 Å². The van der Waals surface area contributed by atoms with Gasteiger partial charge in [0.05, 0.1) is 23.3 Å². The Morgan fingerprint density at radius 2 is 1.28 bits per heavy atom. The summed E-state index contributed by atoms with van der Waals surface area (Å²) in [5, 5.41) is 11.9. The molecule has 8 heteroatoms. The van der Waals surface area contributed by atoms with Crippen LogP contribution in [0.3, 0.4) is 0 Å². The largest absolute Gasteiger partial charge is 0.376 e. The molecule has 2 aliphatic rings. The number of ether oxygens (including phenoxy) is 2. The summed E-state index contributed by atoms with van der Waals surface area (Å²) >= 11 is 0. The molecule has 2 atom stereocenters. The number of hydrogen-bond donors (Lipinski definition) is 4. The molecule has 2 fully saturated rings. The Morgan fingerprint density at radius 3 is 1.66 bits per heavy atom. The van der Waals surface area contributed by atoms with Crippen LogP contribution in [0.1, 0.15) is 64.5 Å². The van der Waals surface area contributed by atoms with Crippen molar-refractivity contribution in [2.75, 3.05) is 26.3 Å². The van der Waals surface area contributed by atoms with Gasteiger partial charge in [0.25, 0.3) is 0 Å². The molecule has 4 N–H and O–H groups in total. The van der Waals surface area contributed by atoms with Crippen molar-refractivity contribution in [2.24, 2.45) is 0 Å². The first kappa shape index (κ1) is 24.3. The summed E-state index contributed by atoms with van der Waals surface area (Å²) in [5.74, 6) is 0. The molecule has 0 aromatic heterocycles. The third kappa shape index (κ3) is 6.84. The Labute approximate surface area is 191 Å². The molecular weight excluding hydrogens is 408 g/mol. The molecule has 0 spiro atoms. The van der Waals surface area contributed by atoms with Gasteiger partial charge in [-0.15, -0.1) is 0 Å². The minimum Gasteiger partial charge on any atom is -0.376 e. The fourth-order valence-corrected chi connectivity index (χ4v) is 4.12. The van der Waals surface area contributed by atoms with Crippen LogP contribution in [-0.2, 0) is 20.6 Å². The second kappa shape index (κ2) is 10.5. The third-order valence-electron chi connectivity index (χ3n) is 6.19. The van der Waals surface area contributed by atoms with Crippen molar-refractivity contribution in [3.8, 4) is 0 Å². The van der Waals surface area contributed by atoms with Crippen molar-refractivity contribution >= 4 is 12.1 Å². The highest BCUT2D eigenvalue weighted by Gasteiger charge is 2.28. The number of rotatable bonds is 8. The van der Waals surface area contributed by atoms with Gasteiger partial charge < -0.3 is 30.7 Å². The second-order valence-corrected chi connectivity index (χ2v) is 9.77. The van der Waals surface area contributed by atoms with Gasteiger partial charge in [-0.05, 0) is 64.5 Å². The first-order chi connectivity index (χ1) is 15.2. The first-order valence-corrected chi connectivity index (χ1v) is 11.6. The topological polar surface area (TPSA) is 101 Å². The number of benzene rings is 1. The normalized spacial score (nSPS) is 21.2. The third-order valence-corrected chi connectivity index (χ3v) is 6.19. The predicted molar refractivity (Wildman–Crippen MR) is 124 cm³/mol. The van der Waals surface area contributed by atoms with Crippen LogP contribution in [0.15, 0.2) is 24.3 Å². The smallest absolute Gasteiger partial charge is 0.315 e.